The molecule has 1 heterocycles. The second kappa shape index (κ2) is 2.91. The first kappa shape index (κ1) is 9.38. The van der Waals surface area contributed by atoms with Crippen molar-refractivity contribution in [3.63, 3.8) is 0 Å². The van der Waals surface area contributed by atoms with Gasteiger partial charge < -0.3 is 5.32 Å². The predicted molar refractivity (Wildman–Crippen MR) is 47.9 cm³/mol. The zero-order valence-electron chi connectivity index (χ0n) is 8.08. The first-order valence-corrected chi connectivity index (χ1v) is 5.08. The van der Waals surface area contributed by atoms with Crippen LogP contribution in [0, 0.1) is 11.3 Å². The maximum absolute atomic E-state index is 12.9. The third kappa shape index (κ3) is 2.01. The van der Waals surface area contributed by atoms with E-state index < -0.39 is 5.92 Å². The summed E-state index contributed by atoms with van der Waals surface area (Å²) in [4.78, 5) is 0. The van der Waals surface area contributed by atoms with Crippen molar-refractivity contribution in [3.8, 4) is 0 Å². The molecule has 0 aromatic carbocycles. The highest BCUT2D eigenvalue weighted by atomic mass is 19.3. The molecule has 1 saturated heterocycles. The molecule has 1 N–H and O–H groups in total. The second-order valence-electron chi connectivity index (χ2n) is 5.08. The summed E-state index contributed by atoms with van der Waals surface area (Å²) in [6.07, 6.45) is 1.95. The average Bonchev–Trinajstić information content (AvgIpc) is 2.27. The zero-order valence-corrected chi connectivity index (χ0v) is 8.08. The zero-order chi connectivity index (χ0) is 9.53. The molecule has 76 valence electrons. The van der Waals surface area contributed by atoms with E-state index in [1.54, 1.807) is 0 Å². The molecular formula is C10H17F2N. The Morgan fingerprint density at radius 2 is 2.08 bits per heavy atom. The summed E-state index contributed by atoms with van der Waals surface area (Å²) >= 11 is 0. The van der Waals surface area contributed by atoms with Gasteiger partial charge >= 0.3 is 0 Å². The molecule has 13 heavy (non-hydrogen) atoms. The van der Waals surface area contributed by atoms with E-state index in [1.165, 1.54) is 0 Å². The number of nitrogens with one attached hydrogen (secondary N) is 1. The van der Waals surface area contributed by atoms with Crippen LogP contribution in [0.5, 0.6) is 0 Å². The van der Waals surface area contributed by atoms with E-state index in [0.29, 0.717) is 5.41 Å². The number of alkyl halides is 2. The van der Waals surface area contributed by atoms with Crippen molar-refractivity contribution in [2.45, 2.75) is 38.5 Å². The van der Waals surface area contributed by atoms with Crippen molar-refractivity contribution in [2.24, 2.45) is 11.3 Å². The quantitative estimate of drug-likeness (QED) is 0.703. The Kier molecular flexibility index (Phi) is 2.10. The molecule has 1 aliphatic heterocycles. The smallest absolute Gasteiger partial charge is 0.248 e. The van der Waals surface area contributed by atoms with Gasteiger partial charge in [-0.3, -0.25) is 0 Å². The maximum Gasteiger partial charge on any atom is 0.248 e. The SMILES string of the molecule is CC1(CC2CCC(F)(F)C2)CNC1. The van der Waals surface area contributed by atoms with Gasteiger partial charge in [-0.05, 0) is 24.2 Å². The van der Waals surface area contributed by atoms with Crippen LogP contribution >= 0.6 is 0 Å². The lowest BCUT2D eigenvalue weighted by atomic mass is 9.76. The van der Waals surface area contributed by atoms with Gasteiger partial charge in [-0.2, -0.15) is 0 Å². The first-order valence-electron chi connectivity index (χ1n) is 5.08. The Bertz CT molecular complexity index is 199. The van der Waals surface area contributed by atoms with Crippen molar-refractivity contribution in [1.29, 1.82) is 0 Å². The summed E-state index contributed by atoms with van der Waals surface area (Å²) in [7, 11) is 0. The van der Waals surface area contributed by atoms with Crippen LogP contribution in [-0.2, 0) is 0 Å². The number of hydrogen-bond donors (Lipinski definition) is 1. The van der Waals surface area contributed by atoms with Crippen LogP contribution in [-0.4, -0.2) is 19.0 Å². The van der Waals surface area contributed by atoms with E-state index in [1.807, 2.05) is 0 Å². The Morgan fingerprint density at radius 1 is 1.38 bits per heavy atom. The van der Waals surface area contributed by atoms with Gasteiger partial charge in [-0.15, -0.1) is 0 Å². The molecule has 2 rings (SSSR count). The van der Waals surface area contributed by atoms with Gasteiger partial charge in [0.25, 0.3) is 0 Å². The highest BCUT2D eigenvalue weighted by Gasteiger charge is 2.43. The van der Waals surface area contributed by atoms with Crippen LogP contribution in [0.1, 0.15) is 32.6 Å². The van der Waals surface area contributed by atoms with E-state index in [-0.39, 0.29) is 18.8 Å². The molecule has 1 saturated carbocycles. The minimum absolute atomic E-state index is 0.112. The summed E-state index contributed by atoms with van der Waals surface area (Å²) in [6, 6.07) is 0. The van der Waals surface area contributed by atoms with Gasteiger partial charge in [0, 0.05) is 25.9 Å². The number of rotatable bonds is 2. The molecule has 2 aliphatic rings. The highest BCUT2D eigenvalue weighted by molar-refractivity contribution is 4.93. The molecule has 0 radical (unpaired) electrons. The van der Waals surface area contributed by atoms with Gasteiger partial charge in [0.1, 0.15) is 0 Å². The topological polar surface area (TPSA) is 12.0 Å². The van der Waals surface area contributed by atoms with Gasteiger partial charge in [0.05, 0.1) is 0 Å². The summed E-state index contributed by atoms with van der Waals surface area (Å²) in [5.41, 5.74) is 0.311. The third-order valence-electron chi connectivity index (χ3n) is 3.39. The van der Waals surface area contributed by atoms with Crippen LogP contribution in [0.2, 0.25) is 0 Å². The molecule has 0 amide bonds. The molecule has 0 aromatic rings. The number of hydrogen-bond acceptors (Lipinski definition) is 1. The molecule has 0 aromatic heterocycles. The molecule has 1 atom stereocenters. The van der Waals surface area contributed by atoms with E-state index in [0.717, 1.165) is 25.9 Å². The molecular weight excluding hydrogens is 172 g/mol. The second-order valence-corrected chi connectivity index (χ2v) is 5.08. The van der Waals surface area contributed by atoms with E-state index in [9.17, 15) is 8.78 Å². The van der Waals surface area contributed by atoms with Crippen molar-refractivity contribution in [1.82, 2.24) is 5.32 Å². The largest absolute Gasteiger partial charge is 0.316 e. The van der Waals surface area contributed by atoms with Gasteiger partial charge in [-0.1, -0.05) is 6.92 Å². The van der Waals surface area contributed by atoms with Crippen LogP contribution in [0.4, 0.5) is 8.78 Å². The monoisotopic (exact) mass is 189 g/mol. The van der Waals surface area contributed by atoms with E-state index >= 15 is 0 Å². The summed E-state index contributed by atoms with van der Waals surface area (Å²) < 4.78 is 25.8. The Balaban J connectivity index is 1.83. The molecule has 3 heteroatoms. The standard InChI is InChI=1S/C10H17F2N/c1-9(6-13-7-9)4-8-2-3-10(11,12)5-8/h8,13H,2-7H2,1H3. The average molecular weight is 189 g/mol. The molecule has 2 fully saturated rings. The summed E-state index contributed by atoms with van der Waals surface area (Å²) in [5, 5.41) is 3.21. The van der Waals surface area contributed by atoms with Gasteiger partial charge in [-0.25, -0.2) is 8.78 Å². The molecule has 0 bridgehead atoms. The normalized spacial score (nSPS) is 35.8. The third-order valence-corrected chi connectivity index (χ3v) is 3.39. The fraction of sp³-hybridized carbons (Fsp3) is 1.00. The molecule has 0 spiro atoms. The van der Waals surface area contributed by atoms with Crippen molar-refractivity contribution >= 4 is 0 Å². The summed E-state index contributed by atoms with van der Waals surface area (Å²) in [6.45, 7) is 4.21. The minimum atomic E-state index is -2.36. The molecule has 1 unspecified atom stereocenters. The Morgan fingerprint density at radius 3 is 2.46 bits per heavy atom. The lowest BCUT2D eigenvalue weighted by molar-refractivity contribution is 0.00170. The van der Waals surface area contributed by atoms with Gasteiger partial charge in [0.15, 0.2) is 0 Å². The lowest BCUT2D eigenvalue weighted by Gasteiger charge is -2.41. The van der Waals surface area contributed by atoms with E-state index in [2.05, 4.69) is 12.2 Å². The van der Waals surface area contributed by atoms with Crippen LogP contribution in [0.3, 0.4) is 0 Å². The Hall–Kier alpha value is -0.180. The summed E-state index contributed by atoms with van der Waals surface area (Å²) in [5.74, 6) is -2.10. The minimum Gasteiger partial charge on any atom is -0.316 e. The van der Waals surface area contributed by atoms with Gasteiger partial charge in [0.2, 0.25) is 5.92 Å². The van der Waals surface area contributed by atoms with Crippen LogP contribution in [0.25, 0.3) is 0 Å². The maximum atomic E-state index is 12.9. The van der Waals surface area contributed by atoms with Crippen LogP contribution < -0.4 is 5.32 Å². The van der Waals surface area contributed by atoms with Crippen molar-refractivity contribution < 1.29 is 8.78 Å². The van der Waals surface area contributed by atoms with Crippen LogP contribution in [0.15, 0.2) is 0 Å². The predicted octanol–water partition coefficient (Wildman–Crippen LogP) is 2.42. The van der Waals surface area contributed by atoms with Crippen molar-refractivity contribution in [2.75, 3.05) is 13.1 Å². The van der Waals surface area contributed by atoms with E-state index in [4.69, 9.17) is 0 Å². The lowest BCUT2D eigenvalue weighted by Crippen LogP contribution is -2.52. The first-order chi connectivity index (χ1) is 5.99. The fourth-order valence-electron chi connectivity index (χ4n) is 2.61. The highest BCUT2D eigenvalue weighted by Crippen LogP contribution is 2.44. The molecule has 1 nitrogen and oxygen atoms in total. The number of halogens is 2. The Labute approximate surface area is 77.9 Å². The molecule has 1 aliphatic carbocycles. The van der Waals surface area contributed by atoms with Crippen molar-refractivity contribution in [3.05, 3.63) is 0 Å². The fourth-order valence-corrected chi connectivity index (χ4v) is 2.61.